The van der Waals surface area contributed by atoms with Crippen molar-refractivity contribution >= 4 is 0 Å². The summed E-state index contributed by atoms with van der Waals surface area (Å²) >= 11 is 0. The van der Waals surface area contributed by atoms with Gasteiger partial charge in [0.15, 0.2) is 0 Å². The molecule has 1 unspecified atom stereocenters. The average Bonchev–Trinajstić information content (AvgIpc) is 2.63. The molecule has 1 atom stereocenters. The zero-order chi connectivity index (χ0) is 15.9. The molecule has 0 aliphatic carbocycles. The van der Waals surface area contributed by atoms with Crippen LogP contribution >= 0.6 is 0 Å². The minimum absolute atomic E-state index is 0.539. The Labute approximate surface area is 139 Å². The first kappa shape index (κ1) is 15.6. The smallest absolute Gasteiger partial charge is 0.0156 e. The Balaban J connectivity index is 1.83. The lowest BCUT2D eigenvalue weighted by atomic mass is 9.80. The molecule has 0 radical (unpaired) electrons. The van der Waals surface area contributed by atoms with Crippen LogP contribution in [-0.4, -0.2) is 0 Å². The van der Waals surface area contributed by atoms with Crippen LogP contribution in [0.5, 0.6) is 0 Å². The second-order valence-electron chi connectivity index (χ2n) is 6.34. The van der Waals surface area contributed by atoms with Gasteiger partial charge in [0, 0.05) is 0 Å². The number of hydrogen-bond acceptors (Lipinski definition) is 0. The lowest BCUT2D eigenvalue weighted by Crippen LogP contribution is -2.16. The third-order valence-electron chi connectivity index (χ3n) is 4.71. The van der Waals surface area contributed by atoms with E-state index in [2.05, 4.69) is 97.9 Å². The first-order chi connectivity index (χ1) is 11.3. The van der Waals surface area contributed by atoms with Crippen LogP contribution < -0.4 is 0 Å². The van der Waals surface area contributed by atoms with Crippen LogP contribution in [0.2, 0.25) is 0 Å². The first-order valence-corrected chi connectivity index (χ1v) is 8.46. The Kier molecular flexibility index (Phi) is 5.26. The van der Waals surface area contributed by atoms with Crippen LogP contribution in [-0.2, 0) is 12.8 Å². The summed E-state index contributed by atoms with van der Waals surface area (Å²) in [5, 5.41) is 0. The van der Waals surface area contributed by atoms with Gasteiger partial charge in [-0.2, -0.15) is 0 Å². The summed E-state index contributed by atoms with van der Waals surface area (Å²) in [6.07, 6.45) is 2.23. The SMILES string of the molecule is CC(c1ccccc1)C(Cc1ccccc1)Cc1ccccc1. The summed E-state index contributed by atoms with van der Waals surface area (Å²) in [6.45, 7) is 2.37. The highest BCUT2D eigenvalue weighted by molar-refractivity contribution is 5.24. The third kappa shape index (κ3) is 4.32. The van der Waals surface area contributed by atoms with Gasteiger partial charge < -0.3 is 0 Å². The fourth-order valence-electron chi connectivity index (χ4n) is 3.29. The molecule has 0 spiro atoms. The summed E-state index contributed by atoms with van der Waals surface area (Å²) in [6, 6.07) is 32.6. The number of hydrogen-bond donors (Lipinski definition) is 0. The molecule has 23 heavy (non-hydrogen) atoms. The molecule has 116 valence electrons. The van der Waals surface area contributed by atoms with E-state index in [-0.39, 0.29) is 0 Å². The Bertz CT molecular complexity index is 644. The van der Waals surface area contributed by atoms with Gasteiger partial charge in [-0.05, 0) is 41.4 Å². The highest BCUT2D eigenvalue weighted by atomic mass is 14.2. The lowest BCUT2D eigenvalue weighted by Gasteiger charge is -2.25. The van der Waals surface area contributed by atoms with Crippen molar-refractivity contribution in [1.29, 1.82) is 0 Å². The molecule has 0 heteroatoms. The number of rotatable bonds is 6. The Morgan fingerprint density at radius 3 is 1.39 bits per heavy atom. The van der Waals surface area contributed by atoms with E-state index in [0.29, 0.717) is 11.8 Å². The van der Waals surface area contributed by atoms with E-state index in [1.54, 1.807) is 0 Å². The zero-order valence-corrected chi connectivity index (χ0v) is 13.7. The molecule has 0 bridgehead atoms. The van der Waals surface area contributed by atoms with Crippen molar-refractivity contribution in [2.75, 3.05) is 0 Å². The molecule has 0 aliphatic rings. The number of benzene rings is 3. The molecule has 0 fully saturated rings. The monoisotopic (exact) mass is 300 g/mol. The first-order valence-electron chi connectivity index (χ1n) is 8.46. The third-order valence-corrected chi connectivity index (χ3v) is 4.71. The maximum absolute atomic E-state index is 2.37. The molecule has 0 saturated heterocycles. The molecular weight excluding hydrogens is 276 g/mol. The van der Waals surface area contributed by atoms with Crippen molar-refractivity contribution in [1.82, 2.24) is 0 Å². The van der Waals surface area contributed by atoms with Crippen molar-refractivity contribution in [3.63, 3.8) is 0 Å². The van der Waals surface area contributed by atoms with Gasteiger partial charge in [-0.3, -0.25) is 0 Å². The van der Waals surface area contributed by atoms with Crippen LogP contribution in [0.1, 0.15) is 29.5 Å². The van der Waals surface area contributed by atoms with Gasteiger partial charge in [-0.25, -0.2) is 0 Å². The van der Waals surface area contributed by atoms with Crippen molar-refractivity contribution in [3.8, 4) is 0 Å². The highest BCUT2D eigenvalue weighted by Gasteiger charge is 2.19. The summed E-state index contributed by atoms with van der Waals surface area (Å²) in [4.78, 5) is 0. The van der Waals surface area contributed by atoms with Crippen LogP contribution in [0.4, 0.5) is 0 Å². The normalized spacial score (nSPS) is 12.3. The van der Waals surface area contributed by atoms with Gasteiger partial charge in [0.25, 0.3) is 0 Å². The fraction of sp³-hybridized carbons (Fsp3) is 0.217. The Morgan fingerprint density at radius 2 is 0.957 bits per heavy atom. The van der Waals surface area contributed by atoms with E-state index < -0.39 is 0 Å². The molecule has 3 aromatic rings. The minimum Gasteiger partial charge on any atom is -0.0622 e. The summed E-state index contributed by atoms with van der Waals surface area (Å²) < 4.78 is 0. The predicted octanol–water partition coefficient (Wildman–Crippen LogP) is 5.89. The van der Waals surface area contributed by atoms with Crippen LogP contribution in [0.25, 0.3) is 0 Å². The van der Waals surface area contributed by atoms with E-state index in [1.165, 1.54) is 16.7 Å². The molecule has 3 rings (SSSR count). The van der Waals surface area contributed by atoms with Crippen molar-refractivity contribution in [2.24, 2.45) is 5.92 Å². The van der Waals surface area contributed by atoms with Crippen molar-refractivity contribution in [3.05, 3.63) is 108 Å². The quantitative estimate of drug-likeness (QED) is 0.532. The molecule has 0 nitrogen and oxygen atoms in total. The summed E-state index contributed by atoms with van der Waals surface area (Å²) in [7, 11) is 0. The topological polar surface area (TPSA) is 0 Å². The van der Waals surface area contributed by atoms with Gasteiger partial charge in [0.2, 0.25) is 0 Å². The predicted molar refractivity (Wildman–Crippen MR) is 98.6 cm³/mol. The van der Waals surface area contributed by atoms with E-state index in [1.807, 2.05) is 0 Å². The molecule has 0 aromatic heterocycles. The second kappa shape index (κ2) is 7.78. The zero-order valence-electron chi connectivity index (χ0n) is 13.7. The van der Waals surface area contributed by atoms with Gasteiger partial charge in [0.1, 0.15) is 0 Å². The molecule has 0 N–H and O–H groups in total. The maximum atomic E-state index is 2.37. The minimum atomic E-state index is 0.539. The van der Waals surface area contributed by atoms with Crippen molar-refractivity contribution < 1.29 is 0 Å². The van der Waals surface area contributed by atoms with E-state index >= 15 is 0 Å². The molecular formula is C23H24. The van der Waals surface area contributed by atoms with E-state index in [9.17, 15) is 0 Å². The molecule has 0 amide bonds. The average molecular weight is 300 g/mol. The van der Waals surface area contributed by atoms with Gasteiger partial charge in [0.05, 0.1) is 0 Å². The van der Waals surface area contributed by atoms with Crippen LogP contribution in [0, 0.1) is 5.92 Å². The second-order valence-corrected chi connectivity index (χ2v) is 6.34. The van der Waals surface area contributed by atoms with Crippen LogP contribution in [0.3, 0.4) is 0 Å². The summed E-state index contributed by atoms with van der Waals surface area (Å²) in [5.74, 6) is 1.14. The van der Waals surface area contributed by atoms with E-state index in [0.717, 1.165) is 12.8 Å². The Morgan fingerprint density at radius 1 is 0.565 bits per heavy atom. The van der Waals surface area contributed by atoms with Crippen LogP contribution in [0.15, 0.2) is 91.0 Å². The molecule has 0 heterocycles. The fourth-order valence-corrected chi connectivity index (χ4v) is 3.29. The molecule has 3 aromatic carbocycles. The molecule has 0 saturated carbocycles. The van der Waals surface area contributed by atoms with Crippen molar-refractivity contribution in [2.45, 2.75) is 25.7 Å². The molecule has 0 aliphatic heterocycles. The summed E-state index contributed by atoms with van der Waals surface area (Å²) in [5.41, 5.74) is 4.29. The van der Waals surface area contributed by atoms with Gasteiger partial charge in [-0.15, -0.1) is 0 Å². The maximum Gasteiger partial charge on any atom is -0.0156 e. The van der Waals surface area contributed by atoms with E-state index in [4.69, 9.17) is 0 Å². The largest absolute Gasteiger partial charge is 0.0622 e. The lowest BCUT2D eigenvalue weighted by molar-refractivity contribution is 0.440. The standard InChI is InChI=1S/C23H24/c1-19(22-15-9-4-10-16-22)23(17-20-11-5-2-6-12-20)18-21-13-7-3-8-14-21/h2-16,19,23H,17-18H2,1H3. The van der Waals surface area contributed by atoms with Gasteiger partial charge in [-0.1, -0.05) is 97.9 Å². The van der Waals surface area contributed by atoms with Gasteiger partial charge >= 0.3 is 0 Å². The highest BCUT2D eigenvalue weighted by Crippen LogP contribution is 2.30. The Hall–Kier alpha value is -2.34.